The Hall–Kier alpha value is -0.540. The number of aryl methyl sites for hydroxylation is 1. The van der Waals surface area contributed by atoms with Crippen LogP contribution in [0.25, 0.3) is 0 Å². The fourth-order valence-corrected chi connectivity index (χ4v) is 1.76. The molecule has 2 N–H and O–H groups in total. The van der Waals surface area contributed by atoms with Crippen LogP contribution in [0, 0.1) is 18.8 Å². The van der Waals surface area contributed by atoms with Gasteiger partial charge in [-0.05, 0) is 36.6 Å². The number of hydrogen-bond donors (Lipinski definition) is 2. The monoisotopic (exact) mass is 285 g/mol. The highest BCUT2D eigenvalue weighted by atomic mass is 79.9. The molecule has 0 aliphatic carbocycles. The van der Waals surface area contributed by atoms with Crippen LogP contribution in [0.5, 0.6) is 0 Å². The molecule has 1 rings (SSSR count). The largest absolute Gasteiger partial charge is 0.396 e. The Labute approximate surface area is 106 Å². The van der Waals surface area contributed by atoms with E-state index in [0.29, 0.717) is 11.8 Å². The summed E-state index contributed by atoms with van der Waals surface area (Å²) >= 11 is 3.48. The van der Waals surface area contributed by atoms with Crippen molar-refractivity contribution in [3.8, 4) is 0 Å². The van der Waals surface area contributed by atoms with E-state index >= 15 is 0 Å². The Morgan fingerprint density at radius 3 is 2.56 bits per heavy atom. The number of anilines is 1. The molecule has 3 heteroatoms. The molecule has 90 valence electrons. The van der Waals surface area contributed by atoms with Crippen molar-refractivity contribution >= 4 is 21.6 Å². The molecule has 0 saturated heterocycles. The molecule has 1 unspecified atom stereocenters. The molecule has 16 heavy (non-hydrogen) atoms. The Morgan fingerprint density at radius 2 is 2.06 bits per heavy atom. The zero-order chi connectivity index (χ0) is 12.1. The predicted octanol–water partition coefficient (Wildman–Crippen LogP) is 3.43. The van der Waals surface area contributed by atoms with E-state index in [1.165, 1.54) is 5.56 Å². The van der Waals surface area contributed by atoms with Crippen molar-refractivity contribution in [3.05, 3.63) is 28.2 Å². The number of nitrogens with one attached hydrogen (secondary N) is 1. The zero-order valence-electron chi connectivity index (χ0n) is 10.1. The second-order valence-corrected chi connectivity index (χ2v) is 5.39. The van der Waals surface area contributed by atoms with Gasteiger partial charge in [-0.3, -0.25) is 0 Å². The molecule has 0 spiro atoms. The Balaban J connectivity index is 2.57. The van der Waals surface area contributed by atoms with Crippen molar-refractivity contribution in [2.45, 2.75) is 20.8 Å². The average Bonchev–Trinajstić information content (AvgIpc) is 2.23. The first-order valence-corrected chi connectivity index (χ1v) is 6.44. The minimum atomic E-state index is 0.236. The average molecular weight is 286 g/mol. The van der Waals surface area contributed by atoms with E-state index in [4.69, 9.17) is 0 Å². The Kier molecular flexibility index (Phi) is 5.29. The first-order chi connectivity index (χ1) is 7.54. The minimum Gasteiger partial charge on any atom is -0.396 e. The van der Waals surface area contributed by atoms with Gasteiger partial charge in [0.05, 0.1) is 0 Å². The zero-order valence-corrected chi connectivity index (χ0v) is 11.7. The Morgan fingerprint density at radius 1 is 1.38 bits per heavy atom. The third-order valence-corrected chi connectivity index (χ3v) is 3.79. The lowest BCUT2D eigenvalue weighted by Crippen LogP contribution is -2.22. The molecule has 0 amide bonds. The van der Waals surface area contributed by atoms with Crippen LogP contribution in [-0.4, -0.2) is 18.3 Å². The lowest BCUT2D eigenvalue weighted by atomic mass is 9.97. The van der Waals surface area contributed by atoms with Gasteiger partial charge in [-0.1, -0.05) is 29.8 Å². The van der Waals surface area contributed by atoms with Crippen molar-refractivity contribution < 1.29 is 5.11 Å². The van der Waals surface area contributed by atoms with Crippen LogP contribution in [0.1, 0.15) is 19.4 Å². The summed E-state index contributed by atoms with van der Waals surface area (Å²) in [5.74, 6) is 0.804. The van der Waals surface area contributed by atoms with Gasteiger partial charge in [0.25, 0.3) is 0 Å². The summed E-state index contributed by atoms with van der Waals surface area (Å²) in [5, 5.41) is 12.6. The summed E-state index contributed by atoms with van der Waals surface area (Å²) < 4.78 is 1.13. The van der Waals surface area contributed by atoms with E-state index in [0.717, 1.165) is 16.7 Å². The second-order valence-electron chi connectivity index (χ2n) is 4.53. The van der Waals surface area contributed by atoms with E-state index < -0.39 is 0 Å². The predicted molar refractivity (Wildman–Crippen MR) is 72.8 cm³/mol. The van der Waals surface area contributed by atoms with E-state index in [9.17, 15) is 5.11 Å². The fraction of sp³-hybridized carbons (Fsp3) is 0.538. The van der Waals surface area contributed by atoms with Gasteiger partial charge in [-0.25, -0.2) is 0 Å². The van der Waals surface area contributed by atoms with Gasteiger partial charge in [0, 0.05) is 29.2 Å². The highest BCUT2D eigenvalue weighted by molar-refractivity contribution is 9.10. The molecule has 1 aromatic carbocycles. The third kappa shape index (κ3) is 3.80. The van der Waals surface area contributed by atoms with E-state index in [1.807, 2.05) is 12.1 Å². The van der Waals surface area contributed by atoms with Gasteiger partial charge in [0.15, 0.2) is 0 Å². The highest BCUT2D eigenvalue weighted by Crippen LogP contribution is 2.20. The standard InChI is InChI=1S/C13H20BrNO/c1-9(2)11(8-16)7-15-12-4-5-13(14)10(3)6-12/h4-6,9,11,15-16H,7-8H2,1-3H3. The minimum absolute atomic E-state index is 0.236. The molecule has 2 nitrogen and oxygen atoms in total. The Bertz CT molecular complexity index is 339. The number of rotatable bonds is 5. The molecule has 0 aliphatic heterocycles. The number of benzene rings is 1. The van der Waals surface area contributed by atoms with Gasteiger partial charge >= 0.3 is 0 Å². The highest BCUT2D eigenvalue weighted by Gasteiger charge is 2.11. The summed E-state index contributed by atoms with van der Waals surface area (Å²) in [5.41, 5.74) is 2.33. The third-order valence-electron chi connectivity index (χ3n) is 2.90. The summed E-state index contributed by atoms with van der Waals surface area (Å²) in [6.45, 7) is 7.39. The molecular weight excluding hydrogens is 266 g/mol. The lowest BCUT2D eigenvalue weighted by molar-refractivity contribution is 0.198. The molecule has 0 fully saturated rings. The maximum atomic E-state index is 9.23. The number of aliphatic hydroxyl groups is 1. The van der Waals surface area contributed by atoms with Gasteiger partial charge in [-0.2, -0.15) is 0 Å². The maximum absolute atomic E-state index is 9.23. The van der Waals surface area contributed by atoms with Crippen molar-refractivity contribution in [1.29, 1.82) is 0 Å². The molecule has 1 atom stereocenters. The fourth-order valence-electron chi connectivity index (χ4n) is 1.51. The van der Waals surface area contributed by atoms with Crippen molar-refractivity contribution in [2.75, 3.05) is 18.5 Å². The second kappa shape index (κ2) is 6.26. The number of halogens is 1. The summed E-state index contributed by atoms with van der Waals surface area (Å²) in [4.78, 5) is 0. The lowest BCUT2D eigenvalue weighted by Gasteiger charge is -2.19. The smallest absolute Gasteiger partial charge is 0.0478 e. The summed E-state index contributed by atoms with van der Waals surface area (Å²) in [6.07, 6.45) is 0. The van der Waals surface area contributed by atoms with E-state index in [2.05, 4.69) is 48.1 Å². The van der Waals surface area contributed by atoms with Crippen LogP contribution >= 0.6 is 15.9 Å². The molecule has 0 bridgehead atoms. The van der Waals surface area contributed by atoms with Crippen molar-refractivity contribution in [2.24, 2.45) is 11.8 Å². The van der Waals surface area contributed by atoms with E-state index in [1.54, 1.807) is 0 Å². The number of aliphatic hydroxyl groups excluding tert-OH is 1. The summed E-state index contributed by atoms with van der Waals surface area (Å²) in [7, 11) is 0. The van der Waals surface area contributed by atoms with Crippen molar-refractivity contribution in [3.63, 3.8) is 0 Å². The number of hydrogen-bond acceptors (Lipinski definition) is 2. The van der Waals surface area contributed by atoms with Crippen LogP contribution in [0.2, 0.25) is 0 Å². The van der Waals surface area contributed by atoms with Crippen LogP contribution in [0.4, 0.5) is 5.69 Å². The van der Waals surface area contributed by atoms with Crippen molar-refractivity contribution in [1.82, 2.24) is 0 Å². The SMILES string of the molecule is Cc1cc(NCC(CO)C(C)C)ccc1Br. The maximum Gasteiger partial charge on any atom is 0.0478 e. The topological polar surface area (TPSA) is 32.3 Å². The first kappa shape index (κ1) is 13.5. The van der Waals surface area contributed by atoms with Crippen LogP contribution in [-0.2, 0) is 0 Å². The van der Waals surface area contributed by atoms with E-state index in [-0.39, 0.29) is 6.61 Å². The summed E-state index contributed by atoms with van der Waals surface area (Å²) in [6, 6.07) is 6.20. The quantitative estimate of drug-likeness (QED) is 0.869. The molecule has 1 aromatic rings. The van der Waals surface area contributed by atoms with Gasteiger partial charge in [0.2, 0.25) is 0 Å². The van der Waals surface area contributed by atoms with Crippen LogP contribution in [0.15, 0.2) is 22.7 Å². The van der Waals surface area contributed by atoms with Crippen LogP contribution in [0.3, 0.4) is 0 Å². The van der Waals surface area contributed by atoms with Gasteiger partial charge in [0.1, 0.15) is 0 Å². The molecule has 0 aliphatic rings. The van der Waals surface area contributed by atoms with Gasteiger partial charge < -0.3 is 10.4 Å². The molecule has 0 saturated carbocycles. The van der Waals surface area contributed by atoms with Crippen LogP contribution < -0.4 is 5.32 Å². The normalized spacial score (nSPS) is 12.9. The van der Waals surface area contributed by atoms with Gasteiger partial charge in [-0.15, -0.1) is 0 Å². The molecule has 0 heterocycles. The molecule has 0 radical (unpaired) electrons. The first-order valence-electron chi connectivity index (χ1n) is 5.65. The molecule has 0 aromatic heterocycles. The molecular formula is C13H20BrNO.